The number of carbonyl (C=O) groups is 1. The molecule has 0 aromatic rings. The molecule has 14 heteroatoms. The fourth-order valence-electron chi connectivity index (χ4n) is 11.8. The number of carbonyl (C=O) groups excluding carboxylic acids is 1. The summed E-state index contributed by atoms with van der Waals surface area (Å²) in [5, 5.41) is 87.5. The van der Waals surface area contributed by atoms with Gasteiger partial charge in [0.25, 0.3) is 0 Å². The lowest BCUT2D eigenvalue weighted by atomic mass is 9.97. The molecule has 0 aromatic carbocycles. The van der Waals surface area contributed by atoms with Crippen molar-refractivity contribution < 1.29 is 64.6 Å². The van der Waals surface area contributed by atoms with Gasteiger partial charge in [-0.05, 0) is 44.9 Å². The van der Waals surface area contributed by atoms with Crippen molar-refractivity contribution in [2.75, 3.05) is 19.8 Å². The van der Waals surface area contributed by atoms with E-state index in [4.69, 9.17) is 18.9 Å². The zero-order valence-corrected chi connectivity index (χ0v) is 53.2. The molecule has 2 aliphatic rings. The zero-order valence-electron chi connectivity index (χ0n) is 53.2. The van der Waals surface area contributed by atoms with Crippen LogP contribution in [0, 0.1) is 0 Å². The minimum absolute atomic E-state index is 0.200. The highest BCUT2D eigenvalue weighted by molar-refractivity contribution is 5.76. The molecule has 12 unspecified atom stereocenters. The van der Waals surface area contributed by atoms with E-state index in [-0.39, 0.29) is 12.5 Å². The monoisotopic (exact) mass is 1180 g/mol. The lowest BCUT2D eigenvalue weighted by Gasteiger charge is -2.46. The summed E-state index contributed by atoms with van der Waals surface area (Å²) in [4.78, 5) is 13.3. The Bertz CT molecular complexity index is 1490. The first-order valence-corrected chi connectivity index (χ1v) is 35.1. The van der Waals surface area contributed by atoms with Crippen LogP contribution in [-0.2, 0) is 23.7 Å². The number of unbranched alkanes of at least 4 members (excludes halogenated alkanes) is 41. The number of hydrogen-bond donors (Lipinski definition) is 9. The first-order valence-electron chi connectivity index (χ1n) is 35.1. The van der Waals surface area contributed by atoms with Crippen molar-refractivity contribution in [2.45, 2.75) is 389 Å². The summed E-state index contributed by atoms with van der Waals surface area (Å²) in [6.07, 6.45) is 50.5. The second-order valence-electron chi connectivity index (χ2n) is 25.0. The van der Waals surface area contributed by atoms with Gasteiger partial charge in [0.2, 0.25) is 5.91 Å². The Kier molecular flexibility index (Phi) is 51.0. The first kappa shape index (κ1) is 77.6. The van der Waals surface area contributed by atoms with Gasteiger partial charge in [-0.1, -0.05) is 289 Å². The van der Waals surface area contributed by atoms with Crippen LogP contribution in [-0.4, -0.2) is 140 Å². The number of amides is 1. The molecule has 2 rings (SSSR count). The van der Waals surface area contributed by atoms with E-state index in [9.17, 15) is 45.6 Å². The largest absolute Gasteiger partial charge is 0.394 e. The summed E-state index contributed by atoms with van der Waals surface area (Å²) in [7, 11) is 0. The predicted octanol–water partition coefficient (Wildman–Crippen LogP) is 14.0. The summed E-state index contributed by atoms with van der Waals surface area (Å²) in [6.45, 7) is 2.90. The smallest absolute Gasteiger partial charge is 0.220 e. The van der Waals surface area contributed by atoms with Gasteiger partial charge in [-0.3, -0.25) is 4.79 Å². The highest BCUT2D eigenvalue weighted by Gasteiger charge is 2.51. The fraction of sp³-hybridized carbons (Fsp3) is 0.928. The van der Waals surface area contributed by atoms with E-state index in [0.29, 0.717) is 12.8 Å². The molecule has 490 valence electrons. The summed E-state index contributed by atoms with van der Waals surface area (Å²) in [5.74, 6) is -0.200. The van der Waals surface area contributed by atoms with E-state index in [1.807, 2.05) is 0 Å². The van der Waals surface area contributed by atoms with E-state index >= 15 is 0 Å². The van der Waals surface area contributed by atoms with Crippen LogP contribution in [0.1, 0.15) is 316 Å². The molecule has 12 atom stereocenters. The number of rotatable bonds is 58. The highest BCUT2D eigenvalue weighted by Crippen LogP contribution is 2.30. The molecule has 2 saturated heterocycles. The topological polar surface area (TPSA) is 228 Å². The molecular weight excluding hydrogens is 1050 g/mol. The van der Waals surface area contributed by atoms with Crippen molar-refractivity contribution in [1.82, 2.24) is 5.32 Å². The maximum Gasteiger partial charge on any atom is 0.220 e. The Labute approximate surface area is 507 Å². The van der Waals surface area contributed by atoms with Gasteiger partial charge < -0.3 is 65.1 Å². The van der Waals surface area contributed by atoms with Gasteiger partial charge in [-0.2, -0.15) is 0 Å². The first-order chi connectivity index (χ1) is 40.6. The van der Waals surface area contributed by atoms with Crippen LogP contribution in [0.5, 0.6) is 0 Å². The van der Waals surface area contributed by atoms with E-state index in [1.165, 1.54) is 231 Å². The van der Waals surface area contributed by atoms with Crippen LogP contribution in [0.25, 0.3) is 0 Å². The maximum atomic E-state index is 13.3. The van der Waals surface area contributed by atoms with Crippen molar-refractivity contribution in [3.8, 4) is 0 Å². The van der Waals surface area contributed by atoms with Crippen LogP contribution < -0.4 is 5.32 Å². The molecule has 14 nitrogen and oxygen atoms in total. The highest BCUT2D eigenvalue weighted by atomic mass is 16.7. The van der Waals surface area contributed by atoms with Gasteiger partial charge in [-0.25, -0.2) is 0 Å². The third-order valence-corrected chi connectivity index (χ3v) is 17.4. The number of ether oxygens (including phenoxy) is 4. The summed E-state index contributed by atoms with van der Waals surface area (Å²) < 4.78 is 22.9. The quantitative estimate of drug-likeness (QED) is 0.0204. The Hall–Kier alpha value is -1.53. The van der Waals surface area contributed by atoms with Gasteiger partial charge in [0, 0.05) is 6.42 Å². The Morgan fingerprint density at radius 2 is 0.795 bits per heavy atom. The van der Waals surface area contributed by atoms with Gasteiger partial charge in [-0.15, -0.1) is 0 Å². The van der Waals surface area contributed by atoms with Gasteiger partial charge in [0.05, 0.1) is 32.0 Å². The third-order valence-electron chi connectivity index (χ3n) is 17.4. The fourth-order valence-corrected chi connectivity index (χ4v) is 11.8. The lowest BCUT2D eigenvalue weighted by molar-refractivity contribution is -0.359. The second-order valence-corrected chi connectivity index (χ2v) is 25.0. The van der Waals surface area contributed by atoms with Gasteiger partial charge in [0.1, 0.15) is 48.8 Å². The average molecular weight is 1180 g/mol. The standard InChI is InChI=1S/C69H131NO13/c1-3-5-7-9-11-13-15-17-19-21-23-24-25-26-27-28-29-30-31-32-33-34-35-37-39-41-43-45-47-49-51-53-61(74)70-57(58(73)52-50-48-46-44-42-40-38-36-22-20-18-16-14-12-10-8-6-4-2)56-80-68-66(79)64(77)67(60(55-72)82-68)83-69-65(78)63(76)62(75)59(54-71)81-69/h15,17,21,23,57-60,62-69,71-73,75-79H,3-14,16,18-20,22,24-56H2,1-2H3,(H,70,74)/b17-15-,23-21-. The van der Waals surface area contributed by atoms with Crippen LogP contribution in [0.4, 0.5) is 0 Å². The molecule has 2 fully saturated rings. The summed E-state index contributed by atoms with van der Waals surface area (Å²) in [6, 6.07) is -0.827. The SMILES string of the molecule is CCCCCCC/C=C\C/C=C\CCCCCCCCCCCCCCCCCCCCCC(=O)NC(COC1OC(CO)C(OC2OC(CO)C(O)C(O)C2O)C(O)C1O)C(O)CCCCCCCCCCCCCCCCCCCC. The number of allylic oxidation sites excluding steroid dienone is 4. The number of aliphatic hydroxyl groups excluding tert-OH is 8. The van der Waals surface area contributed by atoms with E-state index in [2.05, 4.69) is 43.5 Å². The molecule has 0 aliphatic carbocycles. The van der Waals surface area contributed by atoms with Crippen molar-refractivity contribution in [3.63, 3.8) is 0 Å². The Morgan fingerprint density at radius 1 is 0.434 bits per heavy atom. The minimum Gasteiger partial charge on any atom is -0.394 e. The predicted molar refractivity (Wildman–Crippen MR) is 337 cm³/mol. The van der Waals surface area contributed by atoms with Gasteiger partial charge >= 0.3 is 0 Å². The molecule has 0 bridgehead atoms. The van der Waals surface area contributed by atoms with E-state index in [0.717, 1.165) is 57.8 Å². The molecular formula is C69H131NO13. The van der Waals surface area contributed by atoms with Crippen molar-refractivity contribution in [1.29, 1.82) is 0 Å². The van der Waals surface area contributed by atoms with E-state index in [1.54, 1.807) is 0 Å². The molecule has 83 heavy (non-hydrogen) atoms. The molecule has 2 heterocycles. The molecule has 9 N–H and O–H groups in total. The Morgan fingerprint density at radius 3 is 1.20 bits per heavy atom. The van der Waals surface area contributed by atoms with Gasteiger partial charge in [0.15, 0.2) is 12.6 Å². The Balaban J connectivity index is 1.64. The molecule has 2 aliphatic heterocycles. The van der Waals surface area contributed by atoms with Crippen molar-refractivity contribution >= 4 is 5.91 Å². The zero-order chi connectivity index (χ0) is 60.2. The average Bonchev–Trinajstić information content (AvgIpc) is 3.64. The van der Waals surface area contributed by atoms with Crippen LogP contribution >= 0.6 is 0 Å². The molecule has 0 spiro atoms. The third kappa shape index (κ3) is 39.2. The number of hydrogen-bond acceptors (Lipinski definition) is 13. The lowest BCUT2D eigenvalue weighted by Crippen LogP contribution is -2.65. The van der Waals surface area contributed by atoms with Crippen LogP contribution in [0.3, 0.4) is 0 Å². The second kappa shape index (κ2) is 54.6. The van der Waals surface area contributed by atoms with Crippen molar-refractivity contribution in [2.24, 2.45) is 0 Å². The minimum atomic E-state index is -1.78. The summed E-state index contributed by atoms with van der Waals surface area (Å²) >= 11 is 0. The summed E-state index contributed by atoms with van der Waals surface area (Å²) in [5.41, 5.74) is 0. The molecule has 0 aromatic heterocycles. The molecule has 0 saturated carbocycles. The molecule has 0 radical (unpaired) electrons. The normalized spacial score (nSPS) is 23.9. The number of nitrogens with one attached hydrogen (secondary N) is 1. The van der Waals surface area contributed by atoms with Crippen LogP contribution in [0.2, 0.25) is 0 Å². The van der Waals surface area contributed by atoms with Crippen LogP contribution in [0.15, 0.2) is 24.3 Å². The van der Waals surface area contributed by atoms with Crippen molar-refractivity contribution in [3.05, 3.63) is 24.3 Å². The van der Waals surface area contributed by atoms with E-state index < -0.39 is 86.8 Å². The molecule has 1 amide bonds. The maximum absolute atomic E-state index is 13.3. The number of aliphatic hydroxyl groups is 8.